The molecule has 0 unspecified atom stereocenters. The lowest BCUT2D eigenvalue weighted by Gasteiger charge is -2.11. The highest BCUT2D eigenvalue weighted by Gasteiger charge is 2.10. The first kappa shape index (κ1) is 17.6. The summed E-state index contributed by atoms with van der Waals surface area (Å²) in [5.41, 5.74) is 2.24. The maximum absolute atomic E-state index is 12.1. The fourth-order valence-electron chi connectivity index (χ4n) is 2.13. The second-order valence-corrected chi connectivity index (χ2v) is 5.24. The SMILES string of the molecule is CCCOCc1ccccc1CNC(=O)c1ccc(C(=O)O)nc1. The molecule has 0 aliphatic carbocycles. The molecule has 0 spiro atoms. The number of carboxylic acids is 1. The summed E-state index contributed by atoms with van der Waals surface area (Å²) in [5, 5.41) is 11.6. The lowest BCUT2D eigenvalue weighted by molar-refractivity contribution is 0.0689. The molecule has 2 aromatic rings. The number of nitrogens with zero attached hydrogens (tertiary/aromatic N) is 1. The highest BCUT2D eigenvalue weighted by molar-refractivity contribution is 5.94. The fraction of sp³-hybridized carbons (Fsp3) is 0.278. The Kier molecular flexibility index (Phi) is 6.45. The summed E-state index contributed by atoms with van der Waals surface area (Å²) >= 11 is 0. The van der Waals surface area contributed by atoms with E-state index in [9.17, 15) is 9.59 Å². The largest absolute Gasteiger partial charge is 0.477 e. The molecule has 0 radical (unpaired) electrons. The second-order valence-electron chi connectivity index (χ2n) is 5.24. The van der Waals surface area contributed by atoms with E-state index in [4.69, 9.17) is 9.84 Å². The minimum Gasteiger partial charge on any atom is -0.477 e. The van der Waals surface area contributed by atoms with Crippen molar-refractivity contribution in [3.8, 4) is 0 Å². The molecule has 0 atom stereocenters. The second kappa shape index (κ2) is 8.79. The van der Waals surface area contributed by atoms with Gasteiger partial charge in [-0.3, -0.25) is 4.79 Å². The predicted octanol–water partition coefficient (Wildman–Crippen LogP) is 2.64. The van der Waals surface area contributed by atoms with Crippen LogP contribution in [0.5, 0.6) is 0 Å². The zero-order valence-corrected chi connectivity index (χ0v) is 13.5. The van der Waals surface area contributed by atoms with Gasteiger partial charge in [-0.25, -0.2) is 9.78 Å². The van der Waals surface area contributed by atoms with Crippen LogP contribution in [0.15, 0.2) is 42.6 Å². The topological polar surface area (TPSA) is 88.5 Å². The average molecular weight is 328 g/mol. The quantitative estimate of drug-likeness (QED) is 0.727. The van der Waals surface area contributed by atoms with E-state index in [2.05, 4.69) is 17.2 Å². The van der Waals surface area contributed by atoms with Crippen molar-refractivity contribution < 1.29 is 19.4 Å². The van der Waals surface area contributed by atoms with Gasteiger partial charge in [-0.2, -0.15) is 0 Å². The summed E-state index contributed by atoms with van der Waals surface area (Å²) in [4.78, 5) is 26.6. The van der Waals surface area contributed by atoms with Gasteiger partial charge in [-0.15, -0.1) is 0 Å². The van der Waals surface area contributed by atoms with E-state index in [-0.39, 0.29) is 11.6 Å². The van der Waals surface area contributed by atoms with E-state index < -0.39 is 5.97 Å². The number of aromatic carboxylic acids is 1. The van der Waals surface area contributed by atoms with Crippen molar-refractivity contribution in [1.82, 2.24) is 10.3 Å². The Labute approximate surface area is 140 Å². The van der Waals surface area contributed by atoms with Crippen LogP contribution in [0.3, 0.4) is 0 Å². The molecule has 6 nitrogen and oxygen atoms in total. The third-order valence-electron chi connectivity index (χ3n) is 3.41. The van der Waals surface area contributed by atoms with Crippen LogP contribution in [0, 0.1) is 0 Å². The zero-order valence-electron chi connectivity index (χ0n) is 13.5. The van der Waals surface area contributed by atoms with Crippen LogP contribution < -0.4 is 5.32 Å². The molecule has 2 rings (SSSR count). The molecular formula is C18H20N2O4. The number of rotatable bonds is 8. The Bertz CT molecular complexity index is 698. The maximum atomic E-state index is 12.1. The number of benzene rings is 1. The summed E-state index contributed by atoms with van der Waals surface area (Å²) in [7, 11) is 0. The Hall–Kier alpha value is -2.73. The van der Waals surface area contributed by atoms with Crippen molar-refractivity contribution in [2.24, 2.45) is 0 Å². The van der Waals surface area contributed by atoms with E-state index in [1.54, 1.807) is 0 Å². The number of aromatic nitrogens is 1. The molecule has 0 bridgehead atoms. The van der Waals surface area contributed by atoms with Crippen molar-refractivity contribution in [3.63, 3.8) is 0 Å². The van der Waals surface area contributed by atoms with Crippen LogP contribution in [0.4, 0.5) is 0 Å². The first-order valence-corrected chi connectivity index (χ1v) is 7.74. The van der Waals surface area contributed by atoms with Crippen LogP contribution >= 0.6 is 0 Å². The minimum absolute atomic E-state index is 0.0926. The van der Waals surface area contributed by atoms with E-state index in [0.29, 0.717) is 25.3 Å². The van der Waals surface area contributed by atoms with Crippen molar-refractivity contribution >= 4 is 11.9 Å². The minimum atomic E-state index is -1.12. The molecule has 1 aromatic heterocycles. The van der Waals surface area contributed by atoms with Gasteiger partial charge in [-0.05, 0) is 29.7 Å². The third kappa shape index (κ3) is 4.89. The lowest BCUT2D eigenvalue weighted by Crippen LogP contribution is -2.23. The van der Waals surface area contributed by atoms with E-state index in [1.807, 2.05) is 24.3 Å². The Morgan fingerprint density at radius 1 is 1.17 bits per heavy atom. The number of amides is 1. The molecule has 1 aromatic carbocycles. The van der Waals surface area contributed by atoms with Gasteiger partial charge in [0.1, 0.15) is 5.69 Å². The van der Waals surface area contributed by atoms with Crippen LogP contribution in [-0.2, 0) is 17.9 Å². The monoisotopic (exact) mass is 328 g/mol. The van der Waals surface area contributed by atoms with Gasteiger partial charge in [0.05, 0.1) is 12.2 Å². The fourth-order valence-corrected chi connectivity index (χ4v) is 2.13. The number of hydrogen-bond donors (Lipinski definition) is 2. The first-order chi connectivity index (χ1) is 11.6. The van der Waals surface area contributed by atoms with Gasteiger partial charge in [0.15, 0.2) is 0 Å². The first-order valence-electron chi connectivity index (χ1n) is 7.74. The van der Waals surface area contributed by atoms with Gasteiger partial charge in [0.25, 0.3) is 5.91 Å². The number of carboxylic acid groups (broad SMARTS) is 1. The Morgan fingerprint density at radius 3 is 2.54 bits per heavy atom. The summed E-state index contributed by atoms with van der Waals surface area (Å²) < 4.78 is 5.56. The maximum Gasteiger partial charge on any atom is 0.354 e. The predicted molar refractivity (Wildman–Crippen MR) is 88.8 cm³/mol. The molecule has 0 fully saturated rings. The standard InChI is InChI=1S/C18H20N2O4/c1-2-9-24-12-15-6-4-3-5-13(15)10-20-17(21)14-7-8-16(18(22)23)19-11-14/h3-8,11H,2,9-10,12H2,1H3,(H,20,21)(H,22,23). The molecule has 126 valence electrons. The number of hydrogen-bond acceptors (Lipinski definition) is 4. The highest BCUT2D eigenvalue weighted by atomic mass is 16.5. The molecule has 6 heteroatoms. The summed E-state index contributed by atoms with van der Waals surface area (Å²) in [5.74, 6) is -1.42. The summed E-state index contributed by atoms with van der Waals surface area (Å²) in [6.07, 6.45) is 2.22. The van der Waals surface area contributed by atoms with Crippen molar-refractivity contribution in [2.75, 3.05) is 6.61 Å². The smallest absolute Gasteiger partial charge is 0.354 e. The van der Waals surface area contributed by atoms with E-state index in [1.165, 1.54) is 18.3 Å². The summed E-state index contributed by atoms with van der Waals surface area (Å²) in [6.45, 7) is 3.62. The number of nitrogens with one attached hydrogen (secondary N) is 1. The van der Waals surface area contributed by atoms with Crippen LogP contribution in [0.1, 0.15) is 45.3 Å². The molecular weight excluding hydrogens is 308 g/mol. The molecule has 1 heterocycles. The van der Waals surface area contributed by atoms with Gasteiger partial charge in [0, 0.05) is 19.3 Å². The van der Waals surface area contributed by atoms with Gasteiger partial charge < -0.3 is 15.2 Å². The van der Waals surface area contributed by atoms with E-state index >= 15 is 0 Å². The van der Waals surface area contributed by atoms with Gasteiger partial charge in [-0.1, -0.05) is 31.2 Å². The summed E-state index contributed by atoms with van der Waals surface area (Å²) in [6, 6.07) is 10.5. The van der Waals surface area contributed by atoms with Crippen LogP contribution in [0.25, 0.3) is 0 Å². The molecule has 1 amide bonds. The lowest BCUT2D eigenvalue weighted by atomic mass is 10.1. The highest BCUT2D eigenvalue weighted by Crippen LogP contribution is 2.11. The Balaban J connectivity index is 1.97. The molecule has 0 saturated heterocycles. The number of carbonyl (C=O) groups excluding carboxylic acids is 1. The number of pyridine rings is 1. The van der Waals surface area contributed by atoms with Gasteiger partial charge in [0.2, 0.25) is 0 Å². The molecule has 0 saturated carbocycles. The van der Waals surface area contributed by atoms with Gasteiger partial charge >= 0.3 is 5.97 Å². The molecule has 0 aliphatic rings. The molecule has 24 heavy (non-hydrogen) atoms. The zero-order chi connectivity index (χ0) is 17.4. The Morgan fingerprint density at radius 2 is 1.92 bits per heavy atom. The molecule has 0 aliphatic heterocycles. The van der Waals surface area contributed by atoms with Crippen molar-refractivity contribution in [3.05, 3.63) is 65.0 Å². The molecule has 2 N–H and O–H groups in total. The number of ether oxygens (including phenoxy) is 1. The third-order valence-corrected chi connectivity index (χ3v) is 3.41. The van der Waals surface area contributed by atoms with Crippen LogP contribution in [-0.4, -0.2) is 28.6 Å². The van der Waals surface area contributed by atoms with E-state index in [0.717, 1.165) is 17.5 Å². The van der Waals surface area contributed by atoms with Crippen molar-refractivity contribution in [1.29, 1.82) is 0 Å². The average Bonchev–Trinajstić information content (AvgIpc) is 2.61. The van der Waals surface area contributed by atoms with Crippen LogP contribution in [0.2, 0.25) is 0 Å². The van der Waals surface area contributed by atoms with Crippen molar-refractivity contribution in [2.45, 2.75) is 26.5 Å². The number of carbonyl (C=O) groups is 2. The normalized spacial score (nSPS) is 10.4.